The Morgan fingerprint density at radius 1 is 1.50 bits per heavy atom. The molecule has 0 unspecified atom stereocenters. The summed E-state index contributed by atoms with van der Waals surface area (Å²) in [6, 6.07) is 0. The highest BCUT2D eigenvalue weighted by Crippen LogP contribution is 1.99. The van der Waals surface area contributed by atoms with Crippen molar-refractivity contribution in [2.45, 2.75) is 6.92 Å². The monoisotopic (exact) mass is 163 g/mol. The van der Waals surface area contributed by atoms with Crippen molar-refractivity contribution in [1.29, 1.82) is 0 Å². The predicted octanol–water partition coefficient (Wildman–Crippen LogP) is -0.274. The van der Waals surface area contributed by atoms with E-state index in [2.05, 4.69) is 10.7 Å². The lowest BCUT2D eigenvalue weighted by Gasteiger charge is -1.94. The Labute approximate surface area is 63.1 Å². The molecular weight excluding hydrogens is 154 g/mol. The van der Waals surface area contributed by atoms with Crippen LogP contribution in [-0.4, -0.2) is 23.3 Å². The standard InChI is InChI=1S/C5H9NO3S/c1-4(7)2-10-3-5(8)9-6/h2-3,6H2,1H3. The number of carbonyl (C=O) groups is 2. The summed E-state index contributed by atoms with van der Waals surface area (Å²) in [6.45, 7) is 1.46. The summed E-state index contributed by atoms with van der Waals surface area (Å²) in [5.41, 5.74) is 0. The van der Waals surface area contributed by atoms with Crippen molar-refractivity contribution in [1.82, 2.24) is 0 Å². The second-order valence-electron chi connectivity index (χ2n) is 1.68. The molecule has 0 heterocycles. The predicted molar refractivity (Wildman–Crippen MR) is 38.3 cm³/mol. The van der Waals surface area contributed by atoms with Crippen molar-refractivity contribution >= 4 is 23.5 Å². The van der Waals surface area contributed by atoms with E-state index in [4.69, 9.17) is 0 Å². The van der Waals surface area contributed by atoms with Crippen molar-refractivity contribution in [3.8, 4) is 0 Å². The van der Waals surface area contributed by atoms with Crippen molar-refractivity contribution in [3.05, 3.63) is 0 Å². The first-order valence-corrected chi connectivity index (χ1v) is 3.79. The Hall–Kier alpha value is -0.550. The number of thioether (sulfide) groups is 1. The summed E-state index contributed by atoms with van der Waals surface area (Å²) >= 11 is 1.19. The molecule has 0 aliphatic heterocycles. The zero-order chi connectivity index (χ0) is 7.98. The normalized spacial score (nSPS) is 9.00. The fraction of sp³-hybridized carbons (Fsp3) is 0.600. The number of nitrogens with two attached hydrogens (primary N) is 1. The van der Waals surface area contributed by atoms with Crippen LogP contribution in [0.1, 0.15) is 6.92 Å². The van der Waals surface area contributed by atoms with E-state index in [9.17, 15) is 9.59 Å². The molecule has 0 aliphatic rings. The molecule has 0 aromatic carbocycles. The van der Waals surface area contributed by atoms with Crippen LogP contribution in [-0.2, 0) is 14.4 Å². The third-order valence-electron chi connectivity index (χ3n) is 0.657. The average molecular weight is 163 g/mol. The Kier molecular flexibility index (Phi) is 4.96. The van der Waals surface area contributed by atoms with Crippen LogP contribution in [0.4, 0.5) is 0 Å². The molecule has 0 spiro atoms. The van der Waals surface area contributed by atoms with E-state index < -0.39 is 5.97 Å². The molecule has 58 valence electrons. The number of ketones is 1. The first-order valence-electron chi connectivity index (χ1n) is 2.63. The van der Waals surface area contributed by atoms with Crippen LogP contribution in [0.5, 0.6) is 0 Å². The number of carbonyl (C=O) groups excluding carboxylic acids is 2. The van der Waals surface area contributed by atoms with Gasteiger partial charge in [0, 0.05) is 0 Å². The Bertz CT molecular complexity index is 137. The number of hydrogen-bond donors (Lipinski definition) is 1. The molecule has 5 heteroatoms. The molecule has 0 aromatic rings. The van der Waals surface area contributed by atoms with E-state index in [-0.39, 0.29) is 11.5 Å². The van der Waals surface area contributed by atoms with E-state index in [0.717, 1.165) is 0 Å². The molecule has 0 fully saturated rings. The van der Waals surface area contributed by atoms with Gasteiger partial charge >= 0.3 is 5.97 Å². The van der Waals surface area contributed by atoms with Gasteiger partial charge in [-0.15, -0.1) is 11.8 Å². The largest absolute Gasteiger partial charge is 0.373 e. The minimum Gasteiger partial charge on any atom is -0.373 e. The smallest absolute Gasteiger partial charge is 0.334 e. The zero-order valence-corrected chi connectivity index (χ0v) is 6.44. The van der Waals surface area contributed by atoms with Crippen LogP contribution in [0.2, 0.25) is 0 Å². The molecule has 0 radical (unpaired) electrons. The molecule has 0 amide bonds. The summed E-state index contributed by atoms with van der Waals surface area (Å²) in [4.78, 5) is 24.5. The van der Waals surface area contributed by atoms with Crippen molar-refractivity contribution in [2.24, 2.45) is 5.90 Å². The first-order chi connectivity index (χ1) is 4.66. The highest BCUT2D eigenvalue weighted by Gasteiger charge is 2.01. The SMILES string of the molecule is CC(=O)CSCC(=O)ON. The minimum atomic E-state index is -0.508. The molecule has 0 rings (SSSR count). The third kappa shape index (κ3) is 5.58. The average Bonchev–Trinajstić information content (AvgIpc) is 1.87. The molecule has 0 saturated heterocycles. The van der Waals surface area contributed by atoms with Gasteiger partial charge in [0.15, 0.2) is 0 Å². The second-order valence-corrected chi connectivity index (χ2v) is 2.67. The van der Waals surface area contributed by atoms with Gasteiger partial charge in [-0.2, -0.15) is 5.90 Å². The molecule has 0 saturated carbocycles. The topological polar surface area (TPSA) is 69.4 Å². The van der Waals surface area contributed by atoms with E-state index >= 15 is 0 Å². The summed E-state index contributed by atoms with van der Waals surface area (Å²) in [5.74, 6) is 4.53. The highest BCUT2D eigenvalue weighted by molar-refractivity contribution is 8.00. The fourth-order valence-corrected chi connectivity index (χ4v) is 0.936. The van der Waals surface area contributed by atoms with Gasteiger partial charge in [-0.3, -0.25) is 4.79 Å². The molecule has 0 bridgehead atoms. The number of Topliss-reactive ketones (excluding diaryl/α,β-unsaturated/α-hetero) is 1. The lowest BCUT2D eigenvalue weighted by atomic mass is 10.5. The van der Waals surface area contributed by atoms with Gasteiger partial charge in [0.1, 0.15) is 5.78 Å². The molecule has 10 heavy (non-hydrogen) atoms. The third-order valence-corrected chi connectivity index (χ3v) is 1.71. The van der Waals surface area contributed by atoms with Crippen LogP contribution in [0.15, 0.2) is 0 Å². The van der Waals surface area contributed by atoms with Crippen LogP contribution >= 0.6 is 11.8 Å². The van der Waals surface area contributed by atoms with Crippen LogP contribution in [0.25, 0.3) is 0 Å². The maximum absolute atomic E-state index is 10.3. The van der Waals surface area contributed by atoms with Gasteiger partial charge in [-0.05, 0) is 6.92 Å². The summed E-state index contributed by atoms with van der Waals surface area (Å²) in [7, 11) is 0. The second kappa shape index (κ2) is 5.25. The minimum absolute atomic E-state index is 0.0369. The van der Waals surface area contributed by atoms with E-state index in [1.807, 2.05) is 0 Å². The van der Waals surface area contributed by atoms with Crippen molar-refractivity contribution in [2.75, 3.05) is 11.5 Å². The lowest BCUT2D eigenvalue weighted by molar-refractivity contribution is -0.140. The Balaban J connectivity index is 3.20. The van der Waals surface area contributed by atoms with Crippen molar-refractivity contribution in [3.63, 3.8) is 0 Å². The van der Waals surface area contributed by atoms with E-state index in [0.29, 0.717) is 5.75 Å². The summed E-state index contributed by atoms with van der Waals surface area (Å²) in [5, 5.41) is 0. The maximum atomic E-state index is 10.3. The summed E-state index contributed by atoms with van der Waals surface area (Å²) < 4.78 is 0. The fourth-order valence-electron chi connectivity index (χ4n) is 0.312. The maximum Gasteiger partial charge on any atom is 0.334 e. The molecule has 2 N–H and O–H groups in total. The zero-order valence-electron chi connectivity index (χ0n) is 5.62. The van der Waals surface area contributed by atoms with E-state index in [1.165, 1.54) is 18.7 Å². The van der Waals surface area contributed by atoms with Crippen LogP contribution in [0, 0.1) is 0 Å². The Morgan fingerprint density at radius 2 is 2.10 bits per heavy atom. The van der Waals surface area contributed by atoms with Gasteiger partial charge in [-0.25, -0.2) is 4.79 Å². The summed E-state index contributed by atoms with van der Waals surface area (Å²) in [6.07, 6.45) is 0. The molecule has 0 aliphatic carbocycles. The molecule has 0 atom stereocenters. The van der Waals surface area contributed by atoms with E-state index in [1.54, 1.807) is 0 Å². The number of hydrogen-bond acceptors (Lipinski definition) is 5. The Morgan fingerprint density at radius 3 is 2.50 bits per heavy atom. The lowest BCUT2D eigenvalue weighted by Crippen LogP contribution is -2.12. The van der Waals surface area contributed by atoms with Gasteiger partial charge in [0.2, 0.25) is 0 Å². The molecule has 4 nitrogen and oxygen atoms in total. The van der Waals surface area contributed by atoms with Crippen LogP contribution < -0.4 is 5.90 Å². The first kappa shape index (κ1) is 9.45. The van der Waals surface area contributed by atoms with Gasteiger partial charge < -0.3 is 4.84 Å². The quantitative estimate of drug-likeness (QED) is 0.577. The molecule has 0 aromatic heterocycles. The van der Waals surface area contributed by atoms with Crippen LogP contribution in [0.3, 0.4) is 0 Å². The van der Waals surface area contributed by atoms with Gasteiger partial charge in [-0.1, -0.05) is 0 Å². The molecular formula is C5H9NO3S. The van der Waals surface area contributed by atoms with Gasteiger partial charge in [0.25, 0.3) is 0 Å². The van der Waals surface area contributed by atoms with Crippen molar-refractivity contribution < 1.29 is 14.4 Å². The highest BCUT2D eigenvalue weighted by atomic mass is 32.2. The van der Waals surface area contributed by atoms with Gasteiger partial charge in [0.05, 0.1) is 11.5 Å². The number of rotatable bonds is 4.